The fraction of sp³-hybridized carbons (Fsp3) is 0.0769. The van der Waals surface area contributed by atoms with Crippen molar-refractivity contribution in [3.05, 3.63) is 48.0 Å². The number of nitrogens with zero attached hydrogens (tertiary/aromatic N) is 3. The largest absolute Gasteiger partial charge is 0.494 e. The van der Waals surface area contributed by atoms with Crippen LogP contribution in [0.1, 0.15) is 0 Å². The first kappa shape index (κ1) is 11.0. The minimum atomic E-state index is 0.204. The summed E-state index contributed by atoms with van der Waals surface area (Å²) in [7, 11) is 1.61. The molecule has 3 aromatic rings. The van der Waals surface area contributed by atoms with E-state index in [2.05, 4.69) is 9.97 Å². The zero-order valence-corrected chi connectivity index (χ0v) is 10.4. The monoisotopic (exact) mass is 259 g/mol. The van der Waals surface area contributed by atoms with Crippen molar-refractivity contribution in [1.82, 2.24) is 14.5 Å². The summed E-state index contributed by atoms with van der Waals surface area (Å²) in [6.45, 7) is 0. The molecule has 5 heteroatoms. The van der Waals surface area contributed by atoms with Crippen LogP contribution >= 0.6 is 11.6 Å². The number of para-hydroxylation sites is 1. The van der Waals surface area contributed by atoms with Crippen LogP contribution in [-0.2, 0) is 0 Å². The summed E-state index contributed by atoms with van der Waals surface area (Å²) in [5.74, 6) is 1.43. The first-order valence-corrected chi connectivity index (χ1v) is 5.81. The summed E-state index contributed by atoms with van der Waals surface area (Å²) in [5.41, 5.74) is 0.712. The van der Waals surface area contributed by atoms with E-state index < -0.39 is 0 Å². The van der Waals surface area contributed by atoms with Crippen molar-refractivity contribution in [3.63, 3.8) is 0 Å². The van der Waals surface area contributed by atoms with Gasteiger partial charge in [0.2, 0.25) is 5.28 Å². The molecular formula is C13H10ClN3O. The number of halogens is 1. The Morgan fingerprint density at radius 3 is 2.61 bits per heavy atom. The molecule has 0 aliphatic heterocycles. The van der Waals surface area contributed by atoms with E-state index in [1.54, 1.807) is 7.11 Å². The lowest BCUT2D eigenvalue weighted by atomic mass is 10.2. The Labute approximate surface area is 109 Å². The molecule has 0 unspecified atom stereocenters. The van der Waals surface area contributed by atoms with Crippen molar-refractivity contribution in [2.75, 3.05) is 7.11 Å². The molecule has 1 aromatic carbocycles. The smallest absolute Gasteiger partial charge is 0.225 e. The van der Waals surface area contributed by atoms with Gasteiger partial charge < -0.3 is 9.30 Å². The SMILES string of the molecule is COc1cccc2c(-n3cccc3)nc(Cl)nc12. The fourth-order valence-electron chi connectivity index (χ4n) is 1.92. The third-order valence-corrected chi connectivity index (χ3v) is 2.88. The van der Waals surface area contributed by atoms with Crippen LogP contribution in [0, 0.1) is 0 Å². The topological polar surface area (TPSA) is 39.9 Å². The van der Waals surface area contributed by atoms with Gasteiger partial charge in [-0.25, -0.2) is 4.98 Å². The maximum absolute atomic E-state index is 5.98. The normalized spacial score (nSPS) is 10.8. The van der Waals surface area contributed by atoms with Crippen LogP contribution in [-0.4, -0.2) is 21.6 Å². The number of hydrogen-bond acceptors (Lipinski definition) is 3. The van der Waals surface area contributed by atoms with Crippen LogP contribution in [0.25, 0.3) is 16.7 Å². The van der Waals surface area contributed by atoms with Crippen LogP contribution in [0.4, 0.5) is 0 Å². The quantitative estimate of drug-likeness (QED) is 0.664. The molecular weight excluding hydrogens is 250 g/mol. The molecule has 0 aliphatic carbocycles. The van der Waals surface area contributed by atoms with Gasteiger partial charge in [0.05, 0.1) is 7.11 Å². The molecule has 4 nitrogen and oxygen atoms in total. The Hall–Kier alpha value is -2.07. The molecule has 0 spiro atoms. The van der Waals surface area contributed by atoms with Crippen molar-refractivity contribution in [1.29, 1.82) is 0 Å². The van der Waals surface area contributed by atoms with Gasteiger partial charge in [-0.3, -0.25) is 0 Å². The van der Waals surface area contributed by atoms with Gasteiger partial charge in [-0.2, -0.15) is 4.98 Å². The maximum Gasteiger partial charge on any atom is 0.225 e. The highest BCUT2D eigenvalue weighted by Gasteiger charge is 2.11. The van der Waals surface area contributed by atoms with Crippen LogP contribution < -0.4 is 4.74 Å². The number of ether oxygens (including phenoxy) is 1. The number of aromatic nitrogens is 3. The third-order valence-electron chi connectivity index (χ3n) is 2.71. The molecule has 0 saturated carbocycles. The van der Waals surface area contributed by atoms with E-state index in [1.165, 1.54) is 0 Å². The molecule has 2 heterocycles. The summed E-state index contributed by atoms with van der Waals surface area (Å²) < 4.78 is 7.19. The zero-order chi connectivity index (χ0) is 12.5. The van der Waals surface area contributed by atoms with Crippen molar-refractivity contribution in [2.45, 2.75) is 0 Å². The van der Waals surface area contributed by atoms with E-state index >= 15 is 0 Å². The van der Waals surface area contributed by atoms with E-state index in [0.29, 0.717) is 11.3 Å². The van der Waals surface area contributed by atoms with Gasteiger partial charge >= 0.3 is 0 Å². The molecule has 0 aliphatic rings. The molecule has 0 fully saturated rings. The minimum absolute atomic E-state index is 0.204. The summed E-state index contributed by atoms with van der Waals surface area (Å²) >= 11 is 5.98. The minimum Gasteiger partial charge on any atom is -0.494 e. The highest BCUT2D eigenvalue weighted by atomic mass is 35.5. The molecule has 0 saturated heterocycles. The van der Waals surface area contributed by atoms with E-state index in [9.17, 15) is 0 Å². The second kappa shape index (κ2) is 4.31. The number of fused-ring (bicyclic) bond motifs is 1. The summed E-state index contributed by atoms with van der Waals surface area (Å²) in [5, 5.41) is 1.10. The first-order chi connectivity index (χ1) is 8.79. The fourth-order valence-corrected chi connectivity index (χ4v) is 2.08. The Morgan fingerprint density at radius 1 is 1.11 bits per heavy atom. The molecule has 90 valence electrons. The van der Waals surface area contributed by atoms with Crippen LogP contribution in [0.5, 0.6) is 5.75 Å². The molecule has 2 aromatic heterocycles. The zero-order valence-electron chi connectivity index (χ0n) is 9.67. The standard InChI is InChI=1S/C13H10ClN3O/c1-18-10-6-4-5-9-11(10)15-13(14)16-12(9)17-7-2-3-8-17/h2-8H,1H3. The van der Waals surface area contributed by atoms with E-state index in [-0.39, 0.29) is 5.28 Å². The Kier molecular flexibility index (Phi) is 2.64. The number of rotatable bonds is 2. The van der Waals surface area contributed by atoms with E-state index in [1.807, 2.05) is 47.3 Å². The predicted molar refractivity (Wildman–Crippen MR) is 70.4 cm³/mol. The molecule has 0 atom stereocenters. The van der Waals surface area contributed by atoms with Crippen molar-refractivity contribution in [3.8, 4) is 11.6 Å². The predicted octanol–water partition coefficient (Wildman–Crippen LogP) is 3.08. The van der Waals surface area contributed by atoms with Gasteiger partial charge in [0.15, 0.2) is 0 Å². The lowest BCUT2D eigenvalue weighted by molar-refractivity contribution is 0.419. The summed E-state index contributed by atoms with van der Waals surface area (Å²) in [6, 6.07) is 9.57. The van der Waals surface area contributed by atoms with Gasteiger partial charge in [0.25, 0.3) is 0 Å². The summed E-state index contributed by atoms with van der Waals surface area (Å²) in [6.07, 6.45) is 3.83. The molecule has 18 heavy (non-hydrogen) atoms. The number of hydrogen-bond donors (Lipinski definition) is 0. The van der Waals surface area contributed by atoms with Gasteiger partial charge in [-0.1, -0.05) is 6.07 Å². The average molecular weight is 260 g/mol. The van der Waals surface area contributed by atoms with Crippen LogP contribution in [0.2, 0.25) is 5.28 Å². The lowest BCUT2D eigenvalue weighted by Gasteiger charge is -2.09. The average Bonchev–Trinajstić information content (AvgIpc) is 2.90. The van der Waals surface area contributed by atoms with Crippen LogP contribution in [0.15, 0.2) is 42.7 Å². The molecule has 0 N–H and O–H groups in total. The van der Waals surface area contributed by atoms with E-state index in [4.69, 9.17) is 16.3 Å². The lowest BCUT2D eigenvalue weighted by Crippen LogP contribution is -1.99. The summed E-state index contributed by atoms with van der Waals surface area (Å²) in [4.78, 5) is 8.51. The first-order valence-electron chi connectivity index (χ1n) is 5.43. The second-order valence-corrected chi connectivity index (χ2v) is 4.10. The Morgan fingerprint density at radius 2 is 1.89 bits per heavy atom. The van der Waals surface area contributed by atoms with E-state index in [0.717, 1.165) is 11.2 Å². The Bertz CT molecular complexity index is 695. The van der Waals surface area contributed by atoms with Crippen molar-refractivity contribution in [2.24, 2.45) is 0 Å². The molecule has 0 amide bonds. The molecule has 0 radical (unpaired) electrons. The number of methoxy groups -OCH3 is 1. The van der Waals surface area contributed by atoms with Crippen molar-refractivity contribution < 1.29 is 4.74 Å². The van der Waals surface area contributed by atoms with Gasteiger partial charge in [0.1, 0.15) is 17.1 Å². The van der Waals surface area contributed by atoms with Crippen LogP contribution in [0.3, 0.4) is 0 Å². The van der Waals surface area contributed by atoms with Gasteiger partial charge in [-0.05, 0) is 35.9 Å². The Balaban J connectivity index is 2.39. The highest BCUT2D eigenvalue weighted by Crippen LogP contribution is 2.28. The van der Waals surface area contributed by atoms with Crippen molar-refractivity contribution >= 4 is 22.5 Å². The second-order valence-electron chi connectivity index (χ2n) is 3.76. The maximum atomic E-state index is 5.98. The van der Waals surface area contributed by atoms with Gasteiger partial charge in [0, 0.05) is 17.8 Å². The number of benzene rings is 1. The third kappa shape index (κ3) is 1.71. The molecule has 3 rings (SSSR count). The highest BCUT2D eigenvalue weighted by molar-refractivity contribution is 6.28. The van der Waals surface area contributed by atoms with Gasteiger partial charge in [-0.15, -0.1) is 0 Å². The molecule has 0 bridgehead atoms.